The van der Waals surface area contributed by atoms with Gasteiger partial charge in [0.1, 0.15) is 5.82 Å². The number of benzene rings is 1. The molecule has 0 atom stereocenters. The maximum absolute atomic E-state index is 13.3. The van der Waals surface area contributed by atoms with Crippen molar-refractivity contribution in [3.8, 4) is 0 Å². The van der Waals surface area contributed by atoms with Crippen molar-refractivity contribution >= 4 is 5.91 Å². The van der Waals surface area contributed by atoms with Crippen molar-refractivity contribution < 1.29 is 9.18 Å². The lowest BCUT2D eigenvalue weighted by atomic mass is 10.1. The topological polar surface area (TPSA) is 35.6 Å². The van der Waals surface area contributed by atoms with E-state index in [0.29, 0.717) is 11.6 Å². The van der Waals surface area contributed by atoms with Gasteiger partial charge in [-0.1, -0.05) is 6.07 Å². The molecule has 0 bridgehead atoms. The monoisotopic (exact) mass is 277 g/mol. The van der Waals surface area contributed by atoms with Gasteiger partial charge >= 0.3 is 0 Å². The summed E-state index contributed by atoms with van der Waals surface area (Å²) in [7, 11) is 0. The number of hydrogen-bond acceptors (Lipinski definition) is 3. The van der Waals surface area contributed by atoms with Crippen molar-refractivity contribution in [2.75, 3.05) is 39.3 Å². The van der Waals surface area contributed by atoms with Crippen molar-refractivity contribution in [1.82, 2.24) is 15.1 Å². The van der Waals surface area contributed by atoms with Gasteiger partial charge in [-0.3, -0.25) is 9.69 Å². The third kappa shape index (κ3) is 2.55. The molecule has 1 aromatic rings. The van der Waals surface area contributed by atoms with Crippen LogP contribution in [0.3, 0.4) is 0 Å². The van der Waals surface area contributed by atoms with Gasteiger partial charge in [0.2, 0.25) is 0 Å². The van der Waals surface area contributed by atoms with E-state index in [1.807, 2.05) is 11.8 Å². The Balaban J connectivity index is 1.65. The van der Waals surface area contributed by atoms with E-state index >= 15 is 0 Å². The SMILES string of the molecule is Cc1ccc(F)cc1C(=O)N1CCN(C2CNC2)CC1. The molecule has 5 heteroatoms. The van der Waals surface area contributed by atoms with Crippen LogP contribution in [0.25, 0.3) is 0 Å². The van der Waals surface area contributed by atoms with E-state index in [2.05, 4.69) is 10.2 Å². The number of halogens is 1. The van der Waals surface area contributed by atoms with E-state index in [9.17, 15) is 9.18 Å². The van der Waals surface area contributed by atoms with Crippen molar-refractivity contribution in [3.05, 3.63) is 35.1 Å². The number of piperazine rings is 1. The molecule has 0 spiro atoms. The van der Waals surface area contributed by atoms with Gasteiger partial charge in [0.25, 0.3) is 5.91 Å². The first-order valence-electron chi connectivity index (χ1n) is 7.15. The van der Waals surface area contributed by atoms with E-state index in [0.717, 1.165) is 44.8 Å². The Morgan fingerprint density at radius 3 is 2.55 bits per heavy atom. The van der Waals surface area contributed by atoms with E-state index < -0.39 is 0 Å². The minimum absolute atomic E-state index is 0.0478. The van der Waals surface area contributed by atoms with Crippen LogP contribution in [0, 0.1) is 12.7 Å². The summed E-state index contributed by atoms with van der Waals surface area (Å²) in [4.78, 5) is 16.7. The van der Waals surface area contributed by atoms with Crippen molar-refractivity contribution in [2.45, 2.75) is 13.0 Å². The van der Waals surface area contributed by atoms with Crippen LogP contribution in [0.4, 0.5) is 4.39 Å². The Labute approximate surface area is 118 Å². The van der Waals surface area contributed by atoms with E-state index in [4.69, 9.17) is 0 Å². The van der Waals surface area contributed by atoms with Crippen LogP contribution in [0.2, 0.25) is 0 Å². The Kier molecular flexibility index (Phi) is 3.72. The van der Waals surface area contributed by atoms with Gasteiger partial charge in [-0.2, -0.15) is 0 Å². The second-order valence-corrected chi connectivity index (χ2v) is 5.60. The summed E-state index contributed by atoms with van der Waals surface area (Å²) in [6.45, 7) is 7.23. The first-order chi connectivity index (χ1) is 9.65. The lowest BCUT2D eigenvalue weighted by Crippen LogP contribution is -2.62. The van der Waals surface area contributed by atoms with Crippen LogP contribution >= 0.6 is 0 Å². The molecule has 0 saturated carbocycles. The second-order valence-electron chi connectivity index (χ2n) is 5.60. The van der Waals surface area contributed by atoms with E-state index in [1.165, 1.54) is 12.1 Å². The van der Waals surface area contributed by atoms with Crippen molar-refractivity contribution in [2.24, 2.45) is 0 Å². The largest absolute Gasteiger partial charge is 0.336 e. The van der Waals surface area contributed by atoms with Crippen LogP contribution in [-0.4, -0.2) is 61.0 Å². The van der Waals surface area contributed by atoms with Crippen LogP contribution in [0.1, 0.15) is 15.9 Å². The molecule has 0 aromatic heterocycles. The van der Waals surface area contributed by atoms with Gasteiger partial charge < -0.3 is 10.2 Å². The number of amides is 1. The predicted octanol–water partition coefficient (Wildman–Crippen LogP) is 0.864. The molecule has 3 rings (SSSR count). The fourth-order valence-corrected chi connectivity index (χ4v) is 2.82. The number of nitrogens with zero attached hydrogens (tertiary/aromatic N) is 2. The maximum atomic E-state index is 13.3. The molecular weight excluding hydrogens is 257 g/mol. The molecule has 0 aliphatic carbocycles. The van der Waals surface area contributed by atoms with Crippen LogP contribution in [0.15, 0.2) is 18.2 Å². The highest BCUT2D eigenvalue weighted by Gasteiger charge is 2.29. The third-order valence-electron chi connectivity index (χ3n) is 4.31. The average Bonchev–Trinajstić information content (AvgIpc) is 2.40. The number of carbonyl (C=O) groups excluding carboxylic acids is 1. The van der Waals surface area contributed by atoms with Crippen LogP contribution in [-0.2, 0) is 0 Å². The highest BCUT2D eigenvalue weighted by atomic mass is 19.1. The summed E-state index contributed by atoms with van der Waals surface area (Å²) in [6, 6.07) is 5.04. The standard InChI is InChI=1S/C15H20FN3O/c1-11-2-3-12(16)8-14(11)15(20)19-6-4-18(5-7-19)13-9-17-10-13/h2-3,8,13,17H,4-7,9-10H2,1H3. The highest BCUT2D eigenvalue weighted by molar-refractivity contribution is 5.95. The minimum atomic E-state index is -0.349. The summed E-state index contributed by atoms with van der Waals surface area (Å²) in [5, 5.41) is 3.27. The molecule has 1 amide bonds. The van der Waals surface area contributed by atoms with Crippen molar-refractivity contribution in [1.29, 1.82) is 0 Å². The zero-order valence-electron chi connectivity index (χ0n) is 11.7. The molecule has 0 unspecified atom stereocenters. The first-order valence-corrected chi connectivity index (χ1v) is 7.15. The maximum Gasteiger partial charge on any atom is 0.254 e. The molecule has 2 heterocycles. The normalized spacial score (nSPS) is 20.8. The predicted molar refractivity (Wildman–Crippen MR) is 75.3 cm³/mol. The fraction of sp³-hybridized carbons (Fsp3) is 0.533. The zero-order valence-corrected chi connectivity index (χ0v) is 11.7. The molecule has 1 aromatic carbocycles. The number of rotatable bonds is 2. The second kappa shape index (κ2) is 5.50. The quantitative estimate of drug-likeness (QED) is 0.871. The Morgan fingerprint density at radius 1 is 1.25 bits per heavy atom. The fourth-order valence-electron chi connectivity index (χ4n) is 2.82. The number of hydrogen-bond donors (Lipinski definition) is 1. The molecule has 2 aliphatic rings. The van der Waals surface area contributed by atoms with Crippen molar-refractivity contribution in [3.63, 3.8) is 0 Å². The van der Waals surface area contributed by atoms with Gasteiger partial charge in [-0.05, 0) is 24.6 Å². The molecular formula is C15H20FN3O. The van der Waals surface area contributed by atoms with Gasteiger partial charge in [0, 0.05) is 50.9 Å². The summed E-state index contributed by atoms with van der Waals surface area (Å²) in [5.74, 6) is -0.397. The summed E-state index contributed by atoms with van der Waals surface area (Å²) in [6.07, 6.45) is 0. The Bertz CT molecular complexity index is 508. The molecule has 0 radical (unpaired) electrons. The van der Waals surface area contributed by atoms with Gasteiger partial charge in [0.05, 0.1) is 0 Å². The highest BCUT2D eigenvalue weighted by Crippen LogP contribution is 2.16. The molecule has 2 saturated heterocycles. The lowest BCUT2D eigenvalue weighted by Gasteiger charge is -2.43. The Hall–Kier alpha value is -1.46. The summed E-state index contributed by atoms with van der Waals surface area (Å²) >= 11 is 0. The number of nitrogens with one attached hydrogen (secondary N) is 1. The minimum Gasteiger partial charge on any atom is -0.336 e. The summed E-state index contributed by atoms with van der Waals surface area (Å²) < 4.78 is 13.3. The lowest BCUT2D eigenvalue weighted by molar-refractivity contribution is 0.0501. The first kappa shape index (κ1) is 13.5. The zero-order chi connectivity index (χ0) is 14.1. The van der Waals surface area contributed by atoms with Crippen LogP contribution < -0.4 is 5.32 Å². The van der Waals surface area contributed by atoms with Gasteiger partial charge in [-0.15, -0.1) is 0 Å². The number of carbonyl (C=O) groups is 1. The molecule has 4 nitrogen and oxygen atoms in total. The molecule has 2 aliphatic heterocycles. The molecule has 1 N–H and O–H groups in total. The average molecular weight is 277 g/mol. The van der Waals surface area contributed by atoms with E-state index in [1.54, 1.807) is 6.07 Å². The molecule has 108 valence electrons. The van der Waals surface area contributed by atoms with Gasteiger partial charge in [-0.25, -0.2) is 4.39 Å². The third-order valence-corrected chi connectivity index (χ3v) is 4.31. The van der Waals surface area contributed by atoms with Gasteiger partial charge in [0.15, 0.2) is 0 Å². The summed E-state index contributed by atoms with van der Waals surface area (Å²) in [5.41, 5.74) is 1.32. The number of aryl methyl sites for hydroxylation is 1. The van der Waals surface area contributed by atoms with Crippen LogP contribution in [0.5, 0.6) is 0 Å². The molecule has 20 heavy (non-hydrogen) atoms. The van der Waals surface area contributed by atoms with E-state index in [-0.39, 0.29) is 11.7 Å². The molecule has 2 fully saturated rings. The smallest absolute Gasteiger partial charge is 0.254 e. The Morgan fingerprint density at radius 2 is 1.95 bits per heavy atom.